The number of carbonyl (C=O) groups excluding carboxylic acids is 1. The summed E-state index contributed by atoms with van der Waals surface area (Å²) < 4.78 is 0. The summed E-state index contributed by atoms with van der Waals surface area (Å²) in [6.45, 7) is 3.70. The third-order valence-corrected chi connectivity index (χ3v) is 2.66. The van der Waals surface area contributed by atoms with Crippen LogP contribution in [0.15, 0.2) is 0 Å². The van der Waals surface area contributed by atoms with Crippen LogP contribution in [0.3, 0.4) is 0 Å². The maximum Gasteiger partial charge on any atom is 0.317 e. The number of nitrogens with zero attached hydrogens (tertiary/aromatic N) is 1. The average Bonchev–Trinajstić information content (AvgIpc) is 2.65. The standard InChI is InChI=1S/C10H20N2O2/c1-2-3-6-11-10(14)12-7-4-5-9(12)8-13/h9,13H,2-8H2,1H3,(H,11,14). The number of likely N-dealkylation sites (tertiary alicyclic amines) is 1. The SMILES string of the molecule is CCCCNC(=O)N1CCCC1CO. The van der Waals surface area contributed by atoms with Gasteiger partial charge in [0.05, 0.1) is 12.6 Å². The fraction of sp³-hybridized carbons (Fsp3) is 0.900. The molecule has 0 aromatic heterocycles. The fourth-order valence-corrected chi connectivity index (χ4v) is 1.77. The molecule has 1 saturated heterocycles. The lowest BCUT2D eigenvalue weighted by molar-refractivity contribution is 0.157. The molecule has 1 aliphatic heterocycles. The summed E-state index contributed by atoms with van der Waals surface area (Å²) in [4.78, 5) is 13.3. The zero-order valence-corrected chi connectivity index (χ0v) is 8.83. The number of hydrogen-bond donors (Lipinski definition) is 2. The number of hydrogen-bond acceptors (Lipinski definition) is 2. The minimum atomic E-state index is -0.0185. The van der Waals surface area contributed by atoms with Gasteiger partial charge in [-0.25, -0.2) is 4.79 Å². The summed E-state index contributed by atoms with van der Waals surface area (Å²) in [6.07, 6.45) is 4.04. The van der Waals surface area contributed by atoms with Crippen LogP contribution in [0.25, 0.3) is 0 Å². The van der Waals surface area contributed by atoms with Crippen molar-refractivity contribution in [1.82, 2.24) is 10.2 Å². The van der Waals surface area contributed by atoms with E-state index in [-0.39, 0.29) is 18.7 Å². The van der Waals surface area contributed by atoms with Gasteiger partial charge in [0.15, 0.2) is 0 Å². The van der Waals surface area contributed by atoms with Crippen molar-refractivity contribution in [3.8, 4) is 0 Å². The maximum absolute atomic E-state index is 11.6. The van der Waals surface area contributed by atoms with Gasteiger partial charge in [-0.2, -0.15) is 0 Å². The number of aliphatic hydroxyl groups is 1. The molecule has 0 aromatic carbocycles. The van der Waals surface area contributed by atoms with E-state index in [1.54, 1.807) is 4.90 Å². The van der Waals surface area contributed by atoms with Crippen molar-refractivity contribution in [2.75, 3.05) is 19.7 Å². The number of amides is 2. The summed E-state index contributed by atoms with van der Waals surface area (Å²) in [5, 5.41) is 11.9. The second-order valence-electron chi connectivity index (χ2n) is 3.76. The molecule has 4 nitrogen and oxygen atoms in total. The van der Waals surface area contributed by atoms with E-state index < -0.39 is 0 Å². The van der Waals surface area contributed by atoms with Crippen LogP contribution in [-0.4, -0.2) is 41.8 Å². The molecule has 4 heteroatoms. The predicted molar refractivity (Wildman–Crippen MR) is 55.1 cm³/mol. The largest absolute Gasteiger partial charge is 0.394 e. The number of unbranched alkanes of at least 4 members (excludes halogenated alkanes) is 1. The Morgan fingerprint density at radius 1 is 1.64 bits per heavy atom. The lowest BCUT2D eigenvalue weighted by Gasteiger charge is -2.23. The molecule has 2 amide bonds. The van der Waals surface area contributed by atoms with Crippen molar-refractivity contribution in [3.05, 3.63) is 0 Å². The molecule has 0 aromatic rings. The highest BCUT2D eigenvalue weighted by molar-refractivity contribution is 5.74. The maximum atomic E-state index is 11.6. The van der Waals surface area contributed by atoms with Crippen molar-refractivity contribution in [2.24, 2.45) is 0 Å². The molecule has 2 N–H and O–H groups in total. The van der Waals surface area contributed by atoms with Gasteiger partial charge in [0.2, 0.25) is 0 Å². The zero-order valence-electron chi connectivity index (χ0n) is 8.83. The molecule has 82 valence electrons. The van der Waals surface area contributed by atoms with E-state index in [2.05, 4.69) is 12.2 Å². The van der Waals surface area contributed by atoms with E-state index >= 15 is 0 Å². The number of carbonyl (C=O) groups is 1. The first-order valence-electron chi connectivity index (χ1n) is 5.45. The Kier molecular flexibility index (Phi) is 4.73. The number of nitrogens with one attached hydrogen (secondary N) is 1. The summed E-state index contributed by atoms with van der Waals surface area (Å²) in [5.74, 6) is 0. The van der Waals surface area contributed by atoms with Gasteiger partial charge in [0.25, 0.3) is 0 Å². The molecule has 14 heavy (non-hydrogen) atoms. The Morgan fingerprint density at radius 3 is 3.07 bits per heavy atom. The molecule has 1 unspecified atom stereocenters. The minimum Gasteiger partial charge on any atom is -0.394 e. The molecule has 0 aliphatic carbocycles. The van der Waals surface area contributed by atoms with E-state index in [0.29, 0.717) is 0 Å². The van der Waals surface area contributed by atoms with E-state index in [1.165, 1.54) is 0 Å². The van der Waals surface area contributed by atoms with Crippen LogP contribution in [0.5, 0.6) is 0 Å². The Hall–Kier alpha value is -0.770. The summed E-state index contributed by atoms with van der Waals surface area (Å²) in [7, 11) is 0. The lowest BCUT2D eigenvalue weighted by atomic mass is 10.2. The van der Waals surface area contributed by atoms with E-state index in [1.807, 2.05) is 0 Å². The minimum absolute atomic E-state index is 0.0185. The molecule has 1 aliphatic rings. The molecule has 0 radical (unpaired) electrons. The second-order valence-corrected chi connectivity index (χ2v) is 3.76. The first-order valence-corrected chi connectivity index (χ1v) is 5.45. The lowest BCUT2D eigenvalue weighted by Crippen LogP contribution is -2.44. The van der Waals surface area contributed by atoms with E-state index in [0.717, 1.165) is 38.8 Å². The first kappa shape index (κ1) is 11.3. The molecular weight excluding hydrogens is 180 g/mol. The van der Waals surface area contributed by atoms with Crippen LogP contribution in [0.2, 0.25) is 0 Å². The van der Waals surface area contributed by atoms with Crippen LogP contribution >= 0.6 is 0 Å². The molecule has 1 atom stereocenters. The monoisotopic (exact) mass is 200 g/mol. The zero-order chi connectivity index (χ0) is 10.4. The van der Waals surface area contributed by atoms with Crippen molar-refractivity contribution >= 4 is 6.03 Å². The first-order chi connectivity index (χ1) is 6.79. The van der Waals surface area contributed by atoms with Gasteiger partial charge in [0.1, 0.15) is 0 Å². The topological polar surface area (TPSA) is 52.6 Å². The highest BCUT2D eigenvalue weighted by atomic mass is 16.3. The van der Waals surface area contributed by atoms with Crippen LogP contribution in [0.1, 0.15) is 32.6 Å². The van der Waals surface area contributed by atoms with Gasteiger partial charge in [-0.05, 0) is 19.3 Å². The Labute approximate surface area is 85.3 Å². The summed E-state index contributed by atoms with van der Waals surface area (Å²) in [6, 6.07) is 0.0200. The van der Waals surface area contributed by atoms with Crippen LogP contribution < -0.4 is 5.32 Å². The fourth-order valence-electron chi connectivity index (χ4n) is 1.77. The molecule has 0 saturated carbocycles. The van der Waals surface area contributed by atoms with Crippen molar-refractivity contribution < 1.29 is 9.90 Å². The average molecular weight is 200 g/mol. The molecule has 1 heterocycles. The molecule has 1 rings (SSSR count). The third-order valence-electron chi connectivity index (χ3n) is 2.66. The normalized spacial score (nSPS) is 21.3. The van der Waals surface area contributed by atoms with Crippen LogP contribution in [0.4, 0.5) is 4.79 Å². The van der Waals surface area contributed by atoms with E-state index in [9.17, 15) is 4.79 Å². The number of urea groups is 1. The van der Waals surface area contributed by atoms with Gasteiger partial charge >= 0.3 is 6.03 Å². The number of rotatable bonds is 4. The van der Waals surface area contributed by atoms with Gasteiger partial charge < -0.3 is 15.3 Å². The third kappa shape index (κ3) is 2.87. The van der Waals surface area contributed by atoms with Crippen molar-refractivity contribution in [2.45, 2.75) is 38.6 Å². The van der Waals surface area contributed by atoms with Crippen molar-refractivity contribution in [3.63, 3.8) is 0 Å². The van der Waals surface area contributed by atoms with E-state index in [4.69, 9.17) is 5.11 Å². The predicted octanol–water partition coefficient (Wildman–Crippen LogP) is 0.953. The Bertz CT molecular complexity index is 185. The number of aliphatic hydroxyl groups excluding tert-OH is 1. The van der Waals surface area contributed by atoms with Gasteiger partial charge in [0, 0.05) is 13.1 Å². The van der Waals surface area contributed by atoms with Gasteiger partial charge in [-0.15, -0.1) is 0 Å². The smallest absolute Gasteiger partial charge is 0.317 e. The van der Waals surface area contributed by atoms with Gasteiger partial charge in [-0.1, -0.05) is 13.3 Å². The highest BCUT2D eigenvalue weighted by Crippen LogP contribution is 2.16. The van der Waals surface area contributed by atoms with Crippen LogP contribution in [-0.2, 0) is 0 Å². The van der Waals surface area contributed by atoms with Crippen molar-refractivity contribution in [1.29, 1.82) is 0 Å². The molecule has 0 spiro atoms. The highest BCUT2D eigenvalue weighted by Gasteiger charge is 2.27. The molecule has 0 bridgehead atoms. The van der Waals surface area contributed by atoms with Gasteiger partial charge in [-0.3, -0.25) is 0 Å². The summed E-state index contributed by atoms with van der Waals surface area (Å²) >= 11 is 0. The molecular formula is C10H20N2O2. The molecule has 1 fully saturated rings. The Morgan fingerprint density at radius 2 is 2.43 bits per heavy atom. The Balaban J connectivity index is 2.28. The van der Waals surface area contributed by atoms with Crippen LogP contribution in [0, 0.1) is 0 Å². The summed E-state index contributed by atoms with van der Waals surface area (Å²) in [5.41, 5.74) is 0. The second kappa shape index (κ2) is 5.86. The quantitative estimate of drug-likeness (QED) is 0.664.